The predicted octanol–water partition coefficient (Wildman–Crippen LogP) is 2.04. The number of carbonyl (C=O) groups is 1. The summed E-state index contributed by atoms with van der Waals surface area (Å²) in [6, 6.07) is 0. The number of carboxylic acids is 1. The molecule has 0 aromatic carbocycles. The molecule has 0 bridgehead atoms. The number of thioether (sulfide) groups is 1. The Morgan fingerprint density at radius 1 is 1.67 bits per heavy atom. The number of allylic oxidation sites excluding steroid dienone is 3. The lowest BCUT2D eigenvalue weighted by atomic mass is 9.91. The molecule has 1 aliphatic carbocycles. The van der Waals surface area contributed by atoms with E-state index in [1.807, 2.05) is 6.08 Å². The molecule has 0 saturated carbocycles. The molecule has 0 aromatic heterocycles. The van der Waals surface area contributed by atoms with Crippen LogP contribution < -0.4 is 0 Å². The molecule has 2 rings (SSSR count). The minimum atomic E-state index is -0.760. The van der Waals surface area contributed by atoms with Crippen molar-refractivity contribution in [1.29, 1.82) is 0 Å². The van der Waals surface area contributed by atoms with E-state index in [-0.39, 0.29) is 0 Å². The maximum Gasteiger partial charge on any atom is 0.342 e. The van der Waals surface area contributed by atoms with Crippen molar-refractivity contribution in [3.8, 4) is 0 Å². The van der Waals surface area contributed by atoms with Gasteiger partial charge in [0.1, 0.15) is 0 Å². The van der Waals surface area contributed by atoms with E-state index in [1.165, 1.54) is 11.8 Å². The highest BCUT2D eigenvalue weighted by Crippen LogP contribution is 2.41. The van der Waals surface area contributed by atoms with Crippen molar-refractivity contribution < 1.29 is 9.90 Å². The van der Waals surface area contributed by atoms with Crippen LogP contribution in [0.3, 0.4) is 0 Å². The van der Waals surface area contributed by atoms with Crippen LogP contribution in [0.25, 0.3) is 0 Å². The van der Waals surface area contributed by atoms with Crippen molar-refractivity contribution >= 4 is 17.7 Å². The van der Waals surface area contributed by atoms with Crippen molar-refractivity contribution in [2.75, 3.05) is 5.75 Å². The molecule has 0 spiro atoms. The van der Waals surface area contributed by atoms with E-state index in [1.54, 1.807) is 0 Å². The third kappa shape index (κ3) is 1.18. The Bertz CT molecular complexity index is 278. The molecule has 0 aromatic rings. The number of hydrogen-bond acceptors (Lipinski definition) is 2. The van der Waals surface area contributed by atoms with Gasteiger partial charge in [-0.2, -0.15) is 0 Å². The van der Waals surface area contributed by atoms with Crippen molar-refractivity contribution in [2.24, 2.45) is 5.92 Å². The van der Waals surface area contributed by atoms with Gasteiger partial charge in [0.25, 0.3) is 0 Å². The maximum atomic E-state index is 10.7. The molecule has 0 fully saturated rings. The topological polar surface area (TPSA) is 37.3 Å². The molecule has 1 N–H and O–H groups in total. The van der Waals surface area contributed by atoms with Gasteiger partial charge in [-0.15, -0.1) is 11.8 Å². The lowest BCUT2D eigenvalue weighted by molar-refractivity contribution is -0.131. The molecular weight excluding hydrogens is 172 g/mol. The zero-order valence-electron chi connectivity index (χ0n) is 6.62. The standard InChI is InChI=1S/C9H10O2S/c10-9(11)8-7-4-2-1-3-6(7)5-12-8/h2,4,6H,1,3,5H2,(H,10,11). The Hall–Kier alpha value is -0.700. The van der Waals surface area contributed by atoms with Gasteiger partial charge < -0.3 is 5.11 Å². The summed E-state index contributed by atoms with van der Waals surface area (Å²) in [6.45, 7) is 0. The summed E-state index contributed by atoms with van der Waals surface area (Å²) < 4.78 is 0. The van der Waals surface area contributed by atoms with E-state index in [2.05, 4.69) is 6.08 Å². The Labute approximate surface area is 75.3 Å². The van der Waals surface area contributed by atoms with E-state index in [0.29, 0.717) is 10.8 Å². The minimum Gasteiger partial charge on any atom is -0.477 e. The maximum absolute atomic E-state index is 10.7. The van der Waals surface area contributed by atoms with Gasteiger partial charge in [-0.1, -0.05) is 12.2 Å². The summed E-state index contributed by atoms with van der Waals surface area (Å²) in [6.07, 6.45) is 6.27. The molecule has 1 aliphatic heterocycles. The van der Waals surface area contributed by atoms with E-state index in [4.69, 9.17) is 5.11 Å². The summed E-state index contributed by atoms with van der Waals surface area (Å²) in [5, 5.41) is 8.84. The zero-order valence-corrected chi connectivity index (χ0v) is 7.43. The second-order valence-corrected chi connectivity index (χ2v) is 4.11. The van der Waals surface area contributed by atoms with Crippen LogP contribution in [0.15, 0.2) is 22.6 Å². The summed E-state index contributed by atoms with van der Waals surface area (Å²) >= 11 is 1.48. The van der Waals surface area contributed by atoms with Crippen LogP contribution in [0.4, 0.5) is 0 Å². The van der Waals surface area contributed by atoms with E-state index >= 15 is 0 Å². The number of fused-ring (bicyclic) bond motifs is 1. The van der Waals surface area contributed by atoms with E-state index in [9.17, 15) is 4.79 Å². The van der Waals surface area contributed by atoms with Crippen molar-refractivity contribution in [3.63, 3.8) is 0 Å². The summed E-state index contributed by atoms with van der Waals surface area (Å²) in [7, 11) is 0. The monoisotopic (exact) mass is 182 g/mol. The molecule has 2 aliphatic rings. The third-order valence-electron chi connectivity index (χ3n) is 2.30. The van der Waals surface area contributed by atoms with Gasteiger partial charge in [0.15, 0.2) is 0 Å². The fourth-order valence-electron chi connectivity index (χ4n) is 1.69. The Balaban J connectivity index is 2.36. The average molecular weight is 182 g/mol. The van der Waals surface area contributed by atoms with Gasteiger partial charge >= 0.3 is 5.97 Å². The van der Waals surface area contributed by atoms with Gasteiger partial charge in [0.2, 0.25) is 0 Å². The molecule has 1 unspecified atom stereocenters. The van der Waals surface area contributed by atoms with Gasteiger partial charge in [-0.3, -0.25) is 0 Å². The molecule has 0 radical (unpaired) electrons. The first-order chi connectivity index (χ1) is 5.79. The van der Waals surface area contributed by atoms with Crippen molar-refractivity contribution in [2.45, 2.75) is 12.8 Å². The molecule has 1 atom stereocenters. The average Bonchev–Trinajstić information content (AvgIpc) is 2.47. The molecule has 1 heterocycles. The minimum absolute atomic E-state index is 0.506. The van der Waals surface area contributed by atoms with Crippen LogP contribution in [0.5, 0.6) is 0 Å². The molecular formula is C9H10O2S. The number of hydrogen-bond donors (Lipinski definition) is 1. The summed E-state index contributed by atoms with van der Waals surface area (Å²) in [5.74, 6) is 0.705. The van der Waals surface area contributed by atoms with Crippen molar-refractivity contribution in [1.82, 2.24) is 0 Å². The second kappa shape index (κ2) is 2.98. The first-order valence-electron chi connectivity index (χ1n) is 4.06. The van der Waals surface area contributed by atoms with Crippen LogP contribution in [-0.2, 0) is 4.79 Å². The molecule has 12 heavy (non-hydrogen) atoms. The van der Waals surface area contributed by atoms with Crippen LogP contribution in [0.1, 0.15) is 12.8 Å². The fraction of sp³-hybridized carbons (Fsp3) is 0.444. The van der Waals surface area contributed by atoms with Crippen LogP contribution in [-0.4, -0.2) is 16.8 Å². The van der Waals surface area contributed by atoms with Crippen molar-refractivity contribution in [3.05, 3.63) is 22.6 Å². The smallest absolute Gasteiger partial charge is 0.342 e. The Morgan fingerprint density at radius 3 is 3.25 bits per heavy atom. The lowest BCUT2D eigenvalue weighted by Crippen LogP contribution is -2.05. The van der Waals surface area contributed by atoms with Crippen LogP contribution in [0, 0.1) is 5.92 Å². The number of aliphatic carboxylic acids is 1. The quantitative estimate of drug-likeness (QED) is 0.674. The summed E-state index contributed by atoms with van der Waals surface area (Å²) in [4.78, 5) is 11.3. The van der Waals surface area contributed by atoms with Gasteiger partial charge in [-0.25, -0.2) is 4.79 Å². The largest absolute Gasteiger partial charge is 0.477 e. The molecule has 2 nitrogen and oxygen atoms in total. The normalized spacial score (nSPS) is 27.5. The highest BCUT2D eigenvalue weighted by molar-refractivity contribution is 8.04. The SMILES string of the molecule is O=C(O)C1=C2C=CCCC2CS1. The molecule has 64 valence electrons. The number of rotatable bonds is 1. The number of carboxylic acid groups (broad SMARTS) is 1. The highest BCUT2D eigenvalue weighted by Gasteiger charge is 2.29. The fourth-order valence-corrected chi connectivity index (χ4v) is 2.92. The first-order valence-corrected chi connectivity index (χ1v) is 5.04. The first kappa shape index (κ1) is 7.92. The van der Waals surface area contributed by atoms with Gasteiger partial charge in [0.05, 0.1) is 4.91 Å². The van der Waals surface area contributed by atoms with Gasteiger partial charge in [0, 0.05) is 5.75 Å². The van der Waals surface area contributed by atoms with Gasteiger partial charge in [-0.05, 0) is 24.3 Å². The van der Waals surface area contributed by atoms with Crippen LogP contribution >= 0.6 is 11.8 Å². The lowest BCUT2D eigenvalue weighted by Gasteiger charge is -2.13. The van der Waals surface area contributed by atoms with Crippen LogP contribution in [0.2, 0.25) is 0 Å². The molecule has 0 amide bonds. The second-order valence-electron chi connectivity index (χ2n) is 3.08. The Kier molecular flexibility index (Phi) is 1.97. The highest BCUT2D eigenvalue weighted by atomic mass is 32.2. The van der Waals surface area contributed by atoms with E-state index < -0.39 is 5.97 Å². The molecule has 0 saturated heterocycles. The summed E-state index contributed by atoms with van der Waals surface area (Å²) in [5.41, 5.74) is 1.05. The predicted molar refractivity (Wildman–Crippen MR) is 49.0 cm³/mol. The Morgan fingerprint density at radius 2 is 2.50 bits per heavy atom. The van der Waals surface area contributed by atoms with E-state index in [0.717, 1.165) is 24.2 Å². The molecule has 3 heteroatoms. The third-order valence-corrected chi connectivity index (χ3v) is 3.57. The zero-order chi connectivity index (χ0) is 8.55.